The van der Waals surface area contributed by atoms with Crippen molar-refractivity contribution in [2.75, 3.05) is 6.61 Å². The molecule has 26 heavy (non-hydrogen) atoms. The summed E-state index contributed by atoms with van der Waals surface area (Å²) in [5, 5.41) is 31.7. The standard InChI is InChI=1S/C21H30O5/c1-19-7-5-13(23)9-12(19)3-4-14-15-6-8-21(26,17(25)11-22)20(15,2)10-16(24)18(14)19/h9,14-16,18,22,24,26H,3-8,10-11H2,1-2H3/t14-,15-,16-,18+,19-,20-,21?/m0/s1. The highest BCUT2D eigenvalue weighted by Crippen LogP contribution is 2.67. The van der Waals surface area contributed by atoms with Crippen molar-refractivity contribution in [2.24, 2.45) is 28.6 Å². The lowest BCUT2D eigenvalue weighted by atomic mass is 9.45. The molecule has 3 saturated carbocycles. The number of carbonyl (C=O) groups is 2. The Morgan fingerprint density at radius 2 is 1.96 bits per heavy atom. The number of aliphatic hydroxyl groups is 3. The predicted octanol–water partition coefficient (Wildman–Crippen LogP) is 1.78. The van der Waals surface area contributed by atoms with Crippen LogP contribution in [-0.2, 0) is 9.59 Å². The van der Waals surface area contributed by atoms with E-state index in [1.807, 2.05) is 6.92 Å². The predicted molar refractivity (Wildman–Crippen MR) is 95.1 cm³/mol. The molecular formula is C21H30O5. The minimum Gasteiger partial charge on any atom is -0.393 e. The summed E-state index contributed by atoms with van der Waals surface area (Å²) in [5.74, 6) is 0.140. The van der Waals surface area contributed by atoms with E-state index in [2.05, 4.69) is 6.92 Å². The highest BCUT2D eigenvalue weighted by atomic mass is 16.3. The van der Waals surface area contributed by atoms with Crippen molar-refractivity contribution >= 4 is 11.6 Å². The van der Waals surface area contributed by atoms with Gasteiger partial charge in [0.15, 0.2) is 11.6 Å². The highest BCUT2D eigenvalue weighted by molar-refractivity contribution is 5.91. The van der Waals surface area contributed by atoms with Crippen LogP contribution in [0, 0.1) is 28.6 Å². The lowest BCUT2D eigenvalue weighted by molar-refractivity contribution is -0.182. The van der Waals surface area contributed by atoms with Crippen LogP contribution in [0.4, 0.5) is 0 Å². The van der Waals surface area contributed by atoms with Gasteiger partial charge in [0.2, 0.25) is 0 Å². The van der Waals surface area contributed by atoms with Crippen LogP contribution in [0.3, 0.4) is 0 Å². The zero-order valence-electron chi connectivity index (χ0n) is 15.7. The Morgan fingerprint density at radius 1 is 1.23 bits per heavy atom. The second kappa shape index (κ2) is 5.73. The van der Waals surface area contributed by atoms with Gasteiger partial charge in [0.1, 0.15) is 12.2 Å². The highest BCUT2D eigenvalue weighted by Gasteiger charge is 2.68. The normalized spacial score (nSPS) is 50.5. The monoisotopic (exact) mass is 362 g/mol. The molecule has 3 N–H and O–H groups in total. The van der Waals surface area contributed by atoms with Gasteiger partial charge in [-0.05, 0) is 67.8 Å². The second-order valence-corrected chi connectivity index (χ2v) is 9.56. The van der Waals surface area contributed by atoms with Gasteiger partial charge in [-0.3, -0.25) is 9.59 Å². The Morgan fingerprint density at radius 3 is 2.65 bits per heavy atom. The topological polar surface area (TPSA) is 94.8 Å². The number of Topliss-reactive ketones (excluding diaryl/α,β-unsaturated/α-hetero) is 1. The van der Waals surface area contributed by atoms with Crippen molar-refractivity contribution in [3.8, 4) is 0 Å². The number of rotatable bonds is 2. The summed E-state index contributed by atoms with van der Waals surface area (Å²) in [4.78, 5) is 24.3. The van der Waals surface area contributed by atoms with Gasteiger partial charge in [-0.25, -0.2) is 0 Å². The third-order valence-electron chi connectivity index (χ3n) is 8.65. The molecule has 144 valence electrons. The first-order valence-electron chi connectivity index (χ1n) is 9.96. The summed E-state index contributed by atoms with van der Waals surface area (Å²) in [7, 11) is 0. The van der Waals surface area contributed by atoms with E-state index in [4.69, 9.17) is 0 Å². The van der Waals surface area contributed by atoms with Gasteiger partial charge in [-0.15, -0.1) is 0 Å². The molecule has 0 spiro atoms. The molecule has 0 aliphatic heterocycles. The van der Waals surface area contributed by atoms with Gasteiger partial charge in [-0.2, -0.15) is 0 Å². The van der Waals surface area contributed by atoms with Gasteiger partial charge in [0.05, 0.1) is 6.10 Å². The average Bonchev–Trinajstić information content (AvgIpc) is 2.86. The van der Waals surface area contributed by atoms with Gasteiger partial charge < -0.3 is 15.3 Å². The summed E-state index contributed by atoms with van der Waals surface area (Å²) in [6.07, 6.45) is 5.74. The maximum atomic E-state index is 12.4. The van der Waals surface area contributed by atoms with E-state index in [1.54, 1.807) is 6.08 Å². The maximum Gasteiger partial charge on any atom is 0.190 e. The third-order valence-corrected chi connectivity index (χ3v) is 8.65. The van der Waals surface area contributed by atoms with Crippen LogP contribution in [0.5, 0.6) is 0 Å². The van der Waals surface area contributed by atoms with Crippen molar-refractivity contribution in [3.05, 3.63) is 11.6 Å². The Bertz CT molecular complexity index is 684. The quantitative estimate of drug-likeness (QED) is 0.696. The minimum absolute atomic E-state index is 0.0697. The van der Waals surface area contributed by atoms with Crippen LogP contribution in [-0.4, -0.2) is 45.2 Å². The zero-order valence-corrected chi connectivity index (χ0v) is 15.7. The SMILES string of the molecule is C[C@]12CCC(=O)C=C1CC[C@@H]1[C@@H]2[C@@H](O)C[C@@]2(C)[C@H]1CCC2(O)C(=O)CO. The van der Waals surface area contributed by atoms with E-state index in [1.165, 1.54) is 5.57 Å². The maximum absolute atomic E-state index is 12.4. The Labute approximate surface area is 154 Å². The van der Waals surface area contributed by atoms with E-state index in [0.29, 0.717) is 19.3 Å². The average molecular weight is 362 g/mol. The summed E-state index contributed by atoms with van der Waals surface area (Å²) in [5.41, 5.74) is -1.23. The van der Waals surface area contributed by atoms with Gasteiger partial charge in [0.25, 0.3) is 0 Å². The van der Waals surface area contributed by atoms with Gasteiger partial charge >= 0.3 is 0 Å². The van der Waals surface area contributed by atoms with Gasteiger partial charge in [0, 0.05) is 11.8 Å². The molecule has 1 unspecified atom stereocenters. The van der Waals surface area contributed by atoms with E-state index in [0.717, 1.165) is 25.7 Å². The number of hydrogen-bond acceptors (Lipinski definition) is 5. The number of allylic oxidation sites excluding steroid dienone is 1. The molecule has 0 heterocycles. The molecule has 0 radical (unpaired) electrons. The number of fused-ring (bicyclic) bond motifs is 5. The number of aliphatic hydroxyl groups excluding tert-OH is 2. The van der Waals surface area contributed by atoms with Gasteiger partial charge in [-0.1, -0.05) is 19.4 Å². The third kappa shape index (κ3) is 2.14. The molecule has 0 amide bonds. The van der Waals surface area contributed by atoms with E-state index < -0.39 is 29.5 Å². The first-order chi connectivity index (χ1) is 12.2. The summed E-state index contributed by atoms with van der Waals surface area (Å²) >= 11 is 0. The Hall–Kier alpha value is -1.04. The first-order valence-corrected chi connectivity index (χ1v) is 9.96. The largest absolute Gasteiger partial charge is 0.393 e. The number of hydrogen-bond donors (Lipinski definition) is 3. The van der Waals surface area contributed by atoms with Crippen LogP contribution >= 0.6 is 0 Å². The van der Waals surface area contributed by atoms with Crippen molar-refractivity contribution in [3.63, 3.8) is 0 Å². The van der Waals surface area contributed by atoms with Crippen molar-refractivity contribution in [1.29, 1.82) is 0 Å². The fraction of sp³-hybridized carbons (Fsp3) is 0.810. The Kier molecular flexibility index (Phi) is 4.04. The van der Waals surface area contributed by atoms with E-state index in [-0.39, 0.29) is 29.0 Å². The van der Waals surface area contributed by atoms with Crippen molar-refractivity contribution in [2.45, 2.75) is 70.5 Å². The number of carbonyl (C=O) groups excluding carboxylic acids is 2. The van der Waals surface area contributed by atoms with Crippen molar-refractivity contribution in [1.82, 2.24) is 0 Å². The molecule has 0 aromatic heterocycles. The van der Waals surface area contributed by atoms with Crippen LogP contribution in [0.2, 0.25) is 0 Å². The molecule has 5 heteroatoms. The lowest BCUT2D eigenvalue weighted by Gasteiger charge is -2.60. The molecular weight excluding hydrogens is 332 g/mol. The molecule has 0 saturated heterocycles. The number of ketones is 2. The molecule has 0 aromatic carbocycles. The zero-order chi connectivity index (χ0) is 18.9. The van der Waals surface area contributed by atoms with Crippen LogP contribution in [0.1, 0.15) is 58.8 Å². The minimum atomic E-state index is -1.54. The molecule has 4 aliphatic rings. The molecule has 4 aliphatic carbocycles. The smallest absolute Gasteiger partial charge is 0.190 e. The second-order valence-electron chi connectivity index (χ2n) is 9.56. The Balaban J connectivity index is 1.74. The molecule has 0 bridgehead atoms. The molecule has 4 rings (SSSR count). The summed E-state index contributed by atoms with van der Waals surface area (Å²) < 4.78 is 0. The molecule has 5 nitrogen and oxygen atoms in total. The van der Waals surface area contributed by atoms with E-state index >= 15 is 0 Å². The molecule has 0 aromatic rings. The molecule has 3 fully saturated rings. The van der Waals surface area contributed by atoms with Crippen molar-refractivity contribution < 1.29 is 24.9 Å². The lowest BCUT2D eigenvalue weighted by Crippen LogP contribution is -2.62. The van der Waals surface area contributed by atoms with Crippen LogP contribution in [0.25, 0.3) is 0 Å². The van der Waals surface area contributed by atoms with E-state index in [9.17, 15) is 24.9 Å². The summed E-state index contributed by atoms with van der Waals surface area (Å²) in [6, 6.07) is 0. The fourth-order valence-corrected chi connectivity index (χ4v) is 7.28. The van der Waals surface area contributed by atoms with Crippen LogP contribution in [0.15, 0.2) is 11.6 Å². The molecule has 7 atom stereocenters. The summed E-state index contributed by atoms with van der Waals surface area (Å²) in [6.45, 7) is 3.46. The fourth-order valence-electron chi connectivity index (χ4n) is 7.28. The van der Waals surface area contributed by atoms with Crippen LogP contribution < -0.4 is 0 Å². The first kappa shape index (κ1) is 18.3.